The van der Waals surface area contributed by atoms with E-state index in [1.54, 1.807) is 0 Å². The van der Waals surface area contributed by atoms with Gasteiger partial charge in [-0.2, -0.15) is 13.2 Å². The molecule has 0 radical (unpaired) electrons. The predicted molar refractivity (Wildman–Crippen MR) is 44.7 cm³/mol. The minimum atomic E-state index is -4.62. The zero-order valence-corrected chi connectivity index (χ0v) is 8.37. The highest BCUT2D eigenvalue weighted by atomic mass is 32.2. The second-order valence-electron chi connectivity index (χ2n) is 2.31. The molecule has 0 rings (SSSR count). The van der Waals surface area contributed by atoms with Crippen LogP contribution >= 0.6 is 11.8 Å². The predicted octanol–water partition coefficient (Wildman–Crippen LogP) is 1.76. The van der Waals surface area contributed by atoms with Crippen LogP contribution in [0.1, 0.15) is 13.8 Å². The summed E-state index contributed by atoms with van der Waals surface area (Å²) in [5.74, 6) is -2.02. The average molecular weight is 230 g/mol. The van der Waals surface area contributed by atoms with Gasteiger partial charge in [-0.1, -0.05) is 0 Å². The van der Waals surface area contributed by atoms with E-state index in [2.05, 4.69) is 4.74 Å². The van der Waals surface area contributed by atoms with Crippen molar-refractivity contribution < 1.29 is 27.5 Å². The summed E-state index contributed by atoms with van der Waals surface area (Å²) in [5, 5.41) is -1.81. The Balaban J connectivity index is 4.45. The van der Waals surface area contributed by atoms with E-state index in [4.69, 9.17) is 0 Å². The largest absolute Gasteiger partial charge is 0.465 e. The molecule has 0 aliphatic heterocycles. The summed E-state index contributed by atoms with van der Waals surface area (Å²) in [7, 11) is 0. The van der Waals surface area contributed by atoms with Crippen molar-refractivity contribution in [2.45, 2.75) is 24.6 Å². The van der Waals surface area contributed by atoms with Crippen LogP contribution in [0.5, 0.6) is 0 Å². The number of hydrogen-bond donors (Lipinski definition) is 0. The Morgan fingerprint density at radius 3 is 2.21 bits per heavy atom. The van der Waals surface area contributed by atoms with Crippen molar-refractivity contribution in [3.63, 3.8) is 0 Å². The number of ketones is 1. The first-order valence-electron chi connectivity index (χ1n) is 3.69. The maximum absolute atomic E-state index is 11.9. The third-order valence-electron chi connectivity index (χ3n) is 1.12. The fraction of sp³-hybridized carbons (Fsp3) is 0.714. The summed E-state index contributed by atoms with van der Waals surface area (Å²) < 4.78 is 39.9. The second-order valence-corrected chi connectivity index (χ2v) is 3.48. The lowest BCUT2D eigenvalue weighted by Crippen LogP contribution is -2.30. The fourth-order valence-corrected chi connectivity index (χ4v) is 1.25. The molecule has 0 bridgehead atoms. The number of rotatable bonds is 4. The van der Waals surface area contributed by atoms with E-state index in [1.807, 2.05) is 0 Å². The van der Waals surface area contributed by atoms with Gasteiger partial charge in [0.15, 0.2) is 11.0 Å². The van der Waals surface area contributed by atoms with Gasteiger partial charge < -0.3 is 4.74 Å². The van der Waals surface area contributed by atoms with Crippen LogP contribution < -0.4 is 0 Å². The van der Waals surface area contributed by atoms with E-state index in [1.165, 1.54) is 6.92 Å². The van der Waals surface area contributed by atoms with Gasteiger partial charge in [0.1, 0.15) is 0 Å². The standard InChI is InChI=1S/C7H9F3O3S/c1-3-13-6(12)5(4(2)11)14-7(8,9)10/h5H,3H2,1-2H3/t5-/m1/s1. The van der Waals surface area contributed by atoms with Crippen molar-refractivity contribution in [3.05, 3.63) is 0 Å². The van der Waals surface area contributed by atoms with Crippen molar-refractivity contribution in [2.24, 2.45) is 0 Å². The van der Waals surface area contributed by atoms with Crippen LogP contribution in [-0.4, -0.2) is 29.1 Å². The average Bonchev–Trinajstić information content (AvgIpc) is 1.98. The van der Waals surface area contributed by atoms with E-state index in [0.29, 0.717) is 0 Å². The second kappa shape index (κ2) is 5.23. The number of esters is 1. The van der Waals surface area contributed by atoms with Gasteiger partial charge in [0, 0.05) is 0 Å². The normalized spacial score (nSPS) is 13.5. The van der Waals surface area contributed by atoms with Crippen LogP contribution in [0.25, 0.3) is 0 Å². The van der Waals surface area contributed by atoms with Crippen molar-refractivity contribution >= 4 is 23.5 Å². The summed E-state index contributed by atoms with van der Waals surface area (Å²) in [6.07, 6.45) is 0. The van der Waals surface area contributed by atoms with Gasteiger partial charge in [0.25, 0.3) is 0 Å². The molecule has 3 nitrogen and oxygen atoms in total. The number of hydrogen-bond acceptors (Lipinski definition) is 4. The topological polar surface area (TPSA) is 43.4 Å². The van der Waals surface area contributed by atoms with Crippen molar-refractivity contribution in [3.8, 4) is 0 Å². The van der Waals surface area contributed by atoms with Gasteiger partial charge in [-0.25, -0.2) is 0 Å². The monoisotopic (exact) mass is 230 g/mol. The van der Waals surface area contributed by atoms with Crippen molar-refractivity contribution in [1.82, 2.24) is 0 Å². The molecule has 0 N–H and O–H groups in total. The molecule has 14 heavy (non-hydrogen) atoms. The zero-order chi connectivity index (χ0) is 11.4. The molecule has 7 heteroatoms. The molecule has 0 amide bonds. The molecular formula is C7H9F3O3S. The van der Waals surface area contributed by atoms with Gasteiger partial charge in [0.05, 0.1) is 6.61 Å². The molecule has 0 heterocycles. The molecule has 0 aromatic heterocycles. The van der Waals surface area contributed by atoms with Crippen LogP contribution in [-0.2, 0) is 14.3 Å². The van der Waals surface area contributed by atoms with Crippen LogP contribution in [0, 0.1) is 0 Å². The number of carbonyl (C=O) groups excluding carboxylic acids is 2. The Labute approximate surface area is 83.0 Å². The third-order valence-corrected chi connectivity index (χ3v) is 2.15. The number of carbonyl (C=O) groups is 2. The van der Waals surface area contributed by atoms with Crippen LogP contribution in [0.3, 0.4) is 0 Å². The summed E-state index contributed by atoms with van der Waals surface area (Å²) in [4.78, 5) is 21.6. The first kappa shape index (κ1) is 13.3. The Morgan fingerprint density at radius 1 is 1.43 bits per heavy atom. The highest BCUT2D eigenvalue weighted by molar-refractivity contribution is 8.02. The molecule has 0 aliphatic rings. The minimum Gasteiger partial charge on any atom is -0.465 e. The lowest BCUT2D eigenvalue weighted by molar-refractivity contribution is -0.144. The Hall–Kier alpha value is -0.720. The number of thioether (sulfide) groups is 1. The Kier molecular flexibility index (Phi) is 4.96. The molecule has 0 unspecified atom stereocenters. The number of Topliss-reactive ketones (excluding diaryl/α,β-unsaturated/α-hetero) is 1. The molecule has 1 atom stereocenters. The zero-order valence-electron chi connectivity index (χ0n) is 7.55. The first-order valence-corrected chi connectivity index (χ1v) is 4.57. The number of halogens is 3. The van der Waals surface area contributed by atoms with Crippen molar-refractivity contribution in [1.29, 1.82) is 0 Å². The van der Waals surface area contributed by atoms with Gasteiger partial charge in [0.2, 0.25) is 0 Å². The summed E-state index contributed by atoms with van der Waals surface area (Å²) in [6, 6.07) is 0. The molecular weight excluding hydrogens is 221 g/mol. The minimum absolute atomic E-state index is 0.0545. The first-order chi connectivity index (χ1) is 6.28. The lowest BCUT2D eigenvalue weighted by atomic mass is 10.3. The smallest absolute Gasteiger partial charge is 0.443 e. The van der Waals surface area contributed by atoms with Gasteiger partial charge in [-0.05, 0) is 25.6 Å². The van der Waals surface area contributed by atoms with Crippen molar-refractivity contribution in [2.75, 3.05) is 6.61 Å². The third kappa shape index (κ3) is 5.11. The van der Waals surface area contributed by atoms with Crippen LogP contribution in [0.2, 0.25) is 0 Å². The van der Waals surface area contributed by atoms with Crippen LogP contribution in [0.15, 0.2) is 0 Å². The van der Waals surface area contributed by atoms with E-state index in [0.717, 1.165) is 6.92 Å². The SMILES string of the molecule is CCOC(=O)[C@H](SC(F)(F)F)C(C)=O. The maximum atomic E-state index is 11.9. The summed E-state index contributed by atoms with van der Waals surface area (Å²) in [5.41, 5.74) is -4.62. The summed E-state index contributed by atoms with van der Waals surface area (Å²) >= 11 is -0.666. The van der Waals surface area contributed by atoms with E-state index < -0.39 is 34.3 Å². The Morgan fingerprint density at radius 2 is 1.93 bits per heavy atom. The summed E-state index contributed by atoms with van der Waals surface area (Å²) in [6.45, 7) is 2.31. The molecule has 0 aromatic carbocycles. The van der Waals surface area contributed by atoms with E-state index in [-0.39, 0.29) is 6.61 Å². The highest BCUT2D eigenvalue weighted by Gasteiger charge is 2.39. The van der Waals surface area contributed by atoms with E-state index in [9.17, 15) is 22.8 Å². The molecule has 82 valence electrons. The molecule has 0 saturated carbocycles. The molecule has 0 spiro atoms. The molecule has 0 aliphatic carbocycles. The fourth-order valence-electron chi connectivity index (χ4n) is 0.649. The quantitative estimate of drug-likeness (QED) is 0.545. The van der Waals surface area contributed by atoms with Gasteiger partial charge in [-0.15, -0.1) is 0 Å². The highest BCUT2D eigenvalue weighted by Crippen LogP contribution is 2.34. The Bertz CT molecular complexity index is 227. The van der Waals surface area contributed by atoms with E-state index >= 15 is 0 Å². The lowest BCUT2D eigenvalue weighted by Gasteiger charge is -2.13. The number of ether oxygens (including phenoxy) is 1. The maximum Gasteiger partial charge on any atom is 0.443 e. The van der Waals surface area contributed by atoms with Gasteiger partial charge >= 0.3 is 11.5 Å². The molecule has 0 fully saturated rings. The molecule has 0 saturated heterocycles. The number of alkyl halides is 3. The van der Waals surface area contributed by atoms with Gasteiger partial charge in [-0.3, -0.25) is 9.59 Å². The molecule has 0 aromatic rings. The van der Waals surface area contributed by atoms with Crippen LogP contribution in [0.4, 0.5) is 13.2 Å².